The summed E-state index contributed by atoms with van der Waals surface area (Å²) < 4.78 is 19.8. The number of anilines is 1. The zero-order valence-corrected chi connectivity index (χ0v) is 19.8. The Hall–Kier alpha value is -2.39. The van der Waals surface area contributed by atoms with Gasteiger partial charge in [0.25, 0.3) is 0 Å². The summed E-state index contributed by atoms with van der Waals surface area (Å²) in [5.74, 6) is 0.623. The molecule has 30 heavy (non-hydrogen) atoms. The molecule has 0 spiro atoms. The first-order valence-electron chi connectivity index (χ1n) is 9.57. The van der Waals surface area contributed by atoms with Crippen LogP contribution < -0.4 is 16.4 Å². The van der Waals surface area contributed by atoms with Gasteiger partial charge in [-0.3, -0.25) is 4.99 Å². The molecule has 2 rings (SSSR count). The third kappa shape index (κ3) is 7.14. The number of methoxy groups -OCH3 is 1. The van der Waals surface area contributed by atoms with Gasteiger partial charge in [0.2, 0.25) is 0 Å². The number of aryl methyl sites for hydroxylation is 1. The third-order valence-electron chi connectivity index (χ3n) is 4.16. The highest BCUT2D eigenvalue weighted by atomic mass is 127. The Balaban J connectivity index is 0.00000450. The van der Waals surface area contributed by atoms with E-state index in [0.717, 1.165) is 6.54 Å². The number of halogens is 2. The maximum atomic E-state index is 13.2. The van der Waals surface area contributed by atoms with Gasteiger partial charge in [-0.2, -0.15) is 10.4 Å². The van der Waals surface area contributed by atoms with E-state index in [1.54, 1.807) is 19.2 Å². The molecule has 1 unspecified atom stereocenters. The normalized spacial score (nSPS) is 12.0. The van der Waals surface area contributed by atoms with Gasteiger partial charge in [-0.15, -0.1) is 24.0 Å². The quantitative estimate of drug-likeness (QED) is 0.199. The molecule has 8 nitrogen and oxygen atoms in total. The molecule has 0 fully saturated rings. The van der Waals surface area contributed by atoms with Crippen LogP contribution in [0, 0.1) is 17.1 Å². The summed E-state index contributed by atoms with van der Waals surface area (Å²) in [4.78, 5) is 4.55. The van der Waals surface area contributed by atoms with E-state index in [1.807, 2.05) is 13.8 Å². The number of rotatable bonds is 9. The van der Waals surface area contributed by atoms with E-state index in [2.05, 4.69) is 26.8 Å². The van der Waals surface area contributed by atoms with E-state index in [0.29, 0.717) is 48.9 Å². The van der Waals surface area contributed by atoms with Crippen LogP contribution in [0.25, 0.3) is 5.69 Å². The van der Waals surface area contributed by atoms with E-state index >= 15 is 0 Å². The van der Waals surface area contributed by atoms with Crippen molar-refractivity contribution in [2.75, 3.05) is 32.5 Å². The molecule has 0 aliphatic carbocycles. The maximum absolute atomic E-state index is 13.2. The number of nitrogen functional groups attached to an aromatic ring is 1. The van der Waals surface area contributed by atoms with Crippen LogP contribution in [-0.2, 0) is 11.2 Å². The number of nitrogens with two attached hydrogens (primary N) is 1. The first-order valence-corrected chi connectivity index (χ1v) is 9.57. The highest BCUT2D eigenvalue weighted by Crippen LogP contribution is 2.21. The van der Waals surface area contributed by atoms with Crippen molar-refractivity contribution in [3.63, 3.8) is 0 Å². The van der Waals surface area contributed by atoms with Crippen molar-refractivity contribution >= 4 is 35.8 Å². The van der Waals surface area contributed by atoms with Gasteiger partial charge in [0, 0.05) is 26.2 Å². The van der Waals surface area contributed by atoms with Gasteiger partial charge in [0.1, 0.15) is 23.3 Å². The minimum absolute atomic E-state index is 0. The molecule has 0 saturated carbocycles. The topological polar surface area (TPSA) is 113 Å². The van der Waals surface area contributed by atoms with Gasteiger partial charge in [-0.1, -0.05) is 0 Å². The van der Waals surface area contributed by atoms with Gasteiger partial charge in [-0.25, -0.2) is 9.07 Å². The second kappa shape index (κ2) is 13.0. The standard InChI is InChI=1S/C20H28FN7O.HI/c1-4-24-20(26-14(2)13-29-3)25-11-5-6-18-17(12-22)19(23)28(27-18)16-9-7-15(21)8-10-16;/h7-10,14H,4-6,11,13,23H2,1-3H3,(H2,24,25,26);1H. The number of nitrogens with zero attached hydrogens (tertiary/aromatic N) is 4. The second-order valence-electron chi connectivity index (χ2n) is 6.57. The monoisotopic (exact) mass is 529 g/mol. The number of nitriles is 1. The minimum atomic E-state index is -0.344. The highest BCUT2D eigenvalue weighted by molar-refractivity contribution is 14.0. The molecular formula is C20H29FIN7O. The van der Waals surface area contributed by atoms with Crippen LogP contribution in [0.5, 0.6) is 0 Å². The van der Waals surface area contributed by atoms with E-state index in [-0.39, 0.29) is 41.7 Å². The van der Waals surface area contributed by atoms with Crippen LogP contribution in [0.15, 0.2) is 29.3 Å². The molecule has 0 aliphatic rings. The Morgan fingerprint density at radius 3 is 2.70 bits per heavy atom. The van der Waals surface area contributed by atoms with E-state index in [9.17, 15) is 9.65 Å². The number of aromatic nitrogens is 2. The van der Waals surface area contributed by atoms with Gasteiger partial charge < -0.3 is 21.1 Å². The molecule has 164 valence electrons. The summed E-state index contributed by atoms with van der Waals surface area (Å²) in [6.07, 6.45) is 1.25. The molecule has 1 aromatic carbocycles. The molecule has 1 heterocycles. The van der Waals surface area contributed by atoms with Crippen LogP contribution in [0.4, 0.5) is 10.2 Å². The second-order valence-corrected chi connectivity index (χ2v) is 6.57. The molecule has 1 aromatic heterocycles. The Bertz CT molecular complexity index is 861. The van der Waals surface area contributed by atoms with Crippen molar-refractivity contribution in [3.05, 3.63) is 41.3 Å². The Morgan fingerprint density at radius 2 is 2.10 bits per heavy atom. The molecule has 1 atom stereocenters. The Morgan fingerprint density at radius 1 is 1.40 bits per heavy atom. The number of nitrogens with one attached hydrogen (secondary N) is 2. The summed E-state index contributed by atoms with van der Waals surface area (Å²) in [5.41, 5.74) is 7.64. The Kier molecular flexibility index (Phi) is 11.1. The third-order valence-corrected chi connectivity index (χ3v) is 4.16. The molecule has 0 saturated heterocycles. The number of ether oxygens (including phenoxy) is 1. The van der Waals surface area contributed by atoms with E-state index in [4.69, 9.17) is 10.5 Å². The van der Waals surface area contributed by atoms with Crippen LogP contribution >= 0.6 is 24.0 Å². The lowest BCUT2D eigenvalue weighted by Crippen LogP contribution is -2.44. The first kappa shape index (κ1) is 25.6. The average molecular weight is 529 g/mol. The van der Waals surface area contributed by atoms with Crippen LogP contribution in [0.1, 0.15) is 31.5 Å². The fourth-order valence-corrected chi connectivity index (χ4v) is 2.84. The average Bonchev–Trinajstić information content (AvgIpc) is 3.01. The molecular weight excluding hydrogens is 500 g/mol. The number of guanidine groups is 1. The number of hydrogen-bond acceptors (Lipinski definition) is 5. The smallest absolute Gasteiger partial charge is 0.191 e. The fraction of sp³-hybridized carbons (Fsp3) is 0.450. The zero-order valence-electron chi connectivity index (χ0n) is 17.5. The van der Waals surface area contributed by atoms with E-state index in [1.165, 1.54) is 16.8 Å². The van der Waals surface area contributed by atoms with Crippen molar-refractivity contribution in [2.45, 2.75) is 32.7 Å². The predicted octanol–water partition coefficient (Wildman–Crippen LogP) is 2.61. The first-order chi connectivity index (χ1) is 14.0. The lowest BCUT2D eigenvalue weighted by molar-refractivity contribution is 0.179. The lowest BCUT2D eigenvalue weighted by atomic mass is 10.1. The van der Waals surface area contributed by atoms with Crippen molar-refractivity contribution in [1.82, 2.24) is 20.4 Å². The summed E-state index contributed by atoms with van der Waals surface area (Å²) >= 11 is 0. The van der Waals surface area contributed by atoms with Gasteiger partial charge >= 0.3 is 0 Å². The molecule has 0 bridgehead atoms. The van der Waals surface area contributed by atoms with Crippen molar-refractivity contribution in [2.24, 2.45) is 4.99 Å². The number of hydrogen-bond donors (Lipinski definition) is 3. The lowest BCUT2D eigenvalue weighted by Gasteiger charge is -2.16. The van der Waals surface area contributed by atoms with Gasteiger partial charge in [-0.05, 0) is 51.0 Å². The molecule has 2 aromatic rings. The van der Waals surface area contributed by atoms with E-state index < -0.39 is 0 Å². The van der Waals surface area contributed by atoms with Crippen molar-refractivity contribution in [3.8, 4) is 11.8 Å². The number of benzene rings is 1. The molecule has 0 amide bonds. The van der Waals surface area contributed by atoms with Crippen molar-refractivity contribution < 1.29 is 9.13 Å². The van der Waals surface area contributed by atoms with Gasteiger partial charge in [0.15, 0.2) is 5.96 Å². The fourth-order valence-electron chi connectivity index (χ4n) is 2.84. The maximum Gasteiger partial charge on any atom is 0.191 e. The highest BCUT2D eigenvalue weighted by Gasteiger charge is 2.16. The number of aliphatic imine (C=N–C) groups is 1. The van der Waals surface area contributed by atoms with Gasteiger partial charge in [0.05, 0.1) is 18.0 Å². The SMILES string of the molecule is CCNC(=NCCCc1nn(-c2ccc(F)cc2)c(N)c1C#N)NC(C)COC.I. The van der Waals surface area contributed by atoms with Crippen LogP contribution in [0.3, 0.4) is 0 Å². The predicted molar refractivity (Wildman–Crippen MR) is 127 cm³/mol. The zero-order chi connectivity index (χ0) is 21.2. The Labute approximate surface area is 193 Å². The molecule has 4 N–H and O–H groups in total. The van der Waals surface area contributed by atoms with Crippen molar-refractivity contribution in [1.29, 1.82) is 5.26 Å². The molecule has 10 heteroatoms. The molecule has 0 aliphatic heterocycles. The summed E-state index contributed by atoms with van der Waals surface area (Å²) in [7, 11) is 1.66. The summed E-state index contributed by atoms with van der Waals surface area (Å²) in [6.45, 7) is 5.91. The summed E-state index contributed by atoms with van der Waals surface area (Å²) in [5, 5.41) is 20.4. The largest absolute Gasteiger partial charge is 0.383 e. The van der Waals surface area contributed by atoms with Crippen LogP contribution in [-0.4, -0.2) is 48.6 Å². The summed E-state index contributed by atoms with van der Waals surface area (Å²) in [6, 6.07) is 8.06. The minimum Gasteiger partial charge on any atom is -0.383 e. The molecule has 0 radical (unpaired) electrons. The van der Waals surface area contributed by atoms with Crippen LogP contribution in [0.2, 0.25) is 0 Å².